The molecule has 0 saturated heterocycles. The molecule has 1 N–H and O–H groups in total. The van der Waals surface area contributed by atoms with E-state index in [0.717, 1.165) is 27.9 Å². The first-order valence-electron chi connectivity index (χ1n) is 12.5. The molecule has 194 valence electrons. The molecule has 0 spiro atoms. The second-order valence-electron chi connectivity index (χ2n) is 9.15. The minimum Gasteiger partial charge on any atom is -0.454 e. The van der Waals surface area contributed by atoms with Crippen molar-refractivity contribution in [2.45, 2.75) is 50.6 Å². The number of hydrogen-bond donors (Lipinski definition) is 1. The van der Waals surface area contributed by atoms with Gasteiger partial charge in [-0.25, -0.2) is 9.97 Å². The summed E-state index contributed by atoms with van der Waals surface area (Å²) in [5.74, 6) is 1.88. The van der Waals surface area contributed by atoms with Crippen LogP contribution in [0.1, 0.15) is 30.6 Å². The fourth-order valence-electron chi connectivity index (χ4n) is 4.51. The maximum absolute atomic E-state index is 13.3. The minimum absolute atomic E-state index is 0.121. The summed E-state index contributed by atoms with van der Waals surface area (Å²) >= 11 is 1.38. The number of para-hydroxylation sites is 1. The summed E-state index contributed by atoms with van der Waals surface area (Å²) < 4.78 is 14.5. The molecule has 3 aromatic heterocycles. The summed E-state index contributed by atoms with van der Waals surface area (Å²) in [7, 11) is 0. The third-order valence-corrected chi connectivity index (χ3v) is 7.70. The smallest absolute Gasteiger partial charge is 0.237 e. The number of aromatic nitrogens is 6. The Hall–Kier alpha value is -4.12. The number of rotatable bonds is 8. The molecule has 10 nitrogen and oxygen atoms in total. The van der Waals surface area contributed by atoms with E-state index in [-0.39, 0.29) is 18.0 Å². The standard InChI is InChI=1S/C27H27N7O3S/c1-4-23(26(35)28-18-9-10-21-22(14-18)37-15-36-21)38-27-29-20-8-6-5-7-19(20)25-30-24(32-34(25)27)11-12-33-17(3)13-16(2)31-33/h5-10,13-14,23H,4,11-12,15H2,1-3H3,(H,28,35). The van der Waals surface area contributed by atoms with E-state index in [1.54, 1.807) is 16.6 Å². The van der Waals surface area contributed by atoms with Crippen molar-refractivity contribution >= 4 is 39.9 Å². The number of nitrogens with one attached hydrogen (secondary N) is 1. The highest BCUT2D eigenvalue weighted by Crippen LogP contribution is 2.35. The van der Waals surface area contributed by atoms with Gasteiger partial charge in [0.2, 0.25) is 12.7 Å². The van der Waals surface area contributed by atoms with E-state index in [1.165, 1.54) is 11.8 Å². The van der Waals surface area contributed by atoms with Crippen LogP contribution >= 0.6 is 11.8 Å². The summed E-state index contributed by atoms with van der Waals surface area (Å²) in [6.07, 6.45) is 1.24. The van der Waals surface area contributed by atoms with Gasteiger partial charge in [-0.2, -0.15) is 9.61 Å². The number of amides is 1. The first-order valence-corrected chi connectivity index (χ1v) is 13.4. The molecule has 1 amide bonds. The van der Waals surface area contributed by atoms with Crippen molar-refractivity contribution in [1.29, 1.82) is 0 Å². The van der Waals surface area contributed by atoms with Gasteiger partial charge in [-0.1, -0.05) is 30.8 Å². The molecular formula is C27H27N7O3S. The Labute approximate surface area is 223 Å². The Morgan fingerprint density at radius 3 is 2.74 bits per heavy atom. The zero-order valence-electron chi connectivity index (χ0n) is 21.3. The lowest BCUT2D eigenvalue weighted by atomic mass is 10.2. The maximum atomic E-state index is 13.3. The van der Waals surface area contributed by atoms with E-state index in [1.807, 2.05) is 55.8 Å². The van der Waals surface area contributed by atoms with E-state index in [4.69, 9.17) is 24.5 Å². The van der Waals surface area contributed by atoms with Crippen molar-refractivity contribution in [1.82, 2.24) is 29.4 Å². The lowest BCUT2D eigenvalue weighted by Crippen LogP contribution is -2.25. The van der Waals surface area contributed by atoms with E-state index in [0.29, 0.717) is 47.6 Å². The molecule has 2 aromatic carbocycles. The molecule has 0 fully saturated rings. The minimum atomic E-state index is -0.389. The molecule has 1 atom stereocenters. The number of fused-ring (bicyclic) bond motifs is 4. The summed E-state index contributed by atoms with van der Waals surface area (Å²) in [6, 6.07) is 15.3. The fourth-order valence-corrected chi connectivity index (χ4v) is 5.47. The zero-order chi connectivity index (χ0) is 26.2. The van der Waals surface area contributed by atoms with Gasteiger partial charge < -0.3 is 14.8 Å². The molecule has 1 aliphatic heterocycles. The molecule has 5 aromatic rings. The molecule has 0 aliphatic carbocycles. The number of aryl methyl sites for hydroxylation is 4. The van der Waals surface area contributed by atoms with Crippen LogP contribution in [0, 0.1) is 13.8 Å². The van der Waals surface area contributed by atoms with Crippen LogP contribution in [0.4, 0.5) is 5.69 Å². The van der Waals surface area contributed by atoms with Crippen molar-refractivity contribution in [3.63, 3.8) is 0 Å². The molecule has 4 heterocycles. The van der Waals surface area contributed by atoms with E-state index < -0.39 is 0 Å². The third-order valence-electron chi connectivity index (χ3n) is 6.39. The van der Waals surface area contributed by atoms with Gasteiger partial charge in [-0.15, -0.1) is 5.10 Å². The zero-order valence-corrected chi connectivity index (χ0v) is 22.2. The van der Waals surface area contributed by atoms with Crippen LogP contribution in [0.5, 0.6) is 11.5 Å². The average molecular weight is 530 g/mol. The molecule has 1 unspecified atom stereocenters. The van der Waals surface area contributed by atoms with Gasteiger partial charge in [-0.05, 0) is 50.6 Å². The molecule has 38 heavy (non-hydrogen) atoms. The highest BCUT2D eigenvalue weighted by Gasteiger charge is 2.23. The molecule has 11 heteroatoms. The van der Waals surface area contributed by atoms with Gasteiger partial charge in [0.05, 0.1) is 16.5 Å². The Kier molecular flexibility index (Phi) is 6.36. The van der Waals surface area contributed by atoms with E-state index >= 15 is 0 Å². The number of anilines is 1. The number of nitrogens with zero attached hydrogens (tertiary/aromatic N) is 6. The van der Waals surface area contributed by atoms with E-state index in [9.17, 15) is 4.79 Å². The van der Waals surface area contributed by atoms with Gasteiger partial charge in [0.1, 0.15) is 0 Å². The normalized spacial score (nSPS) is 13.3. The van der Waals surface area contributed by atoms with Crippen LogP contribution in [-0.2, 0) is 17.8 Å². The monoisotopic (exact) mass is 529 g/mol. The highest BCUT2D eigenvalue weighted by atomic mass is 32.2. The summed E-state index contributed by atoms with van der Waals surface area (Å²) in [6.45, 7) is 6.88. The lowest BCUT2D eigenvalue weighted by molar-refractivity contribution is -0.115. The number of carbonyl (C=O) groups excluding carboxylic acids is 1. The molecule has 1 aliphatic rings. The van der Waals surface area contributed by atoms with Crippen LogP contribution < -0.4 is 14.8 Å². The second kappa shape index (κ2) is 9.97. The van der Waals surface area contributed by atoms with Gasteiger partial charge in [-0.3, -0.25) is 9.48 Å². The summed E-state index contributed by atoms with van der Waals surface area (Å²) in [5.41, 5.74) is 4.29. The van der Waals surface area contributed by atoms with E-state index in [2.05, 4.69) is 16.5 Å². The summed E-state index contributed by atoms with van der Waals surface area (Å²) in [5, 5.41) is 13.5. The maximum Gasteiger partial charge on any atom is 0.237 e. The van der Waals surface area contributed by atoms with Crippen molar-refractivity contribution in [2.24, 2.45) is 0 Å². The van der Waals surface area contributed by atoms with Gasteiger partial charge in [0.25, 0.3) is 0 Å². The molecule has 0 saturated carbocycles. The Balaban J connectivity index is 1.28. The number of ether oxygens (including phenoxy) is 2. The molecule has 0 bridgehead atoms. The largest absolute Gasteiger partial charge is 0.454 e. The Morgan fingerprint density at radius 2 is 1.92 bits per heavy atom. The van der Waals surface area contributed by atoms with Crippen LogP contribution in [-0.4, -0.2) is 47.3 Å². The van der Waals surface area contributed by atoms with Crippen LogP contribution in [0.15, 0.2) is 53.7 Å². The Bertz CT molecular complexity index is 1660. The predicted molar refractivity (Wildman–Crippen MR) is 145 cm³/mol. The van der Waals surface area contributed by atoms with Crippen LogP contribution in [0.2, 0.25) is 0 Å². The summed E-state index contributed by atoms with van der Waals surface area (Å²) in [4.78, 5) is 23.0. The van der Waals surface area contributed by atoms with Crippen molar-refractivity contribution in [2.75, 3.05) is 12.1 Å². The van der Waals surface area contributed by atoms with Crippen LogP contribution in [0.25, 0.3) is 16.6 Å². The quantitative estimate of drug-likeness (QED) is 0.230. The molecular weight excluding hydrogens is 502 g/mol. The average Bonchev–Trinajstić information content (AvgIpc) is 3.63. The lowest BCUT2D eigenvalue weighted by Gasteiger charge is -2.15. The number of thioether (sulfide) groups is 1. The van der Waals surface area contributed by atoms with Crippen molar-refractivity contribution in [3.8, 4) is 11.5 Å². The fraction of sp³-hybridized carbons (Fsp3) is 0.296. The highest BCUT2D eigenvalue weighted by molar-refractivity contribution is 8.00. The predicted octanol–water partition coefficient (Wildman–Crippen LogP) is 4.57. The SMILES string of the molecule is CCC(Sc1nc2ccccc2c2nc(CCn3nc(C)cc3C)nn12)C(=O)Nc1ccc2c(c1)OCO2. The van der Waals surface area contributed by atoms with Gasteiger partial charge in [0, 0.05) is 35.8 Å². The number of carbonyl (C=O) groups is 1. The van der Waals surface area contributed by atoms with Crippen molar-refractivity contribution in [3.05, 3.63) is 65.7 Å². The second-order valence-corrected chi connectivity index (χ2v) is 10.3. The first kappa shape index (κ1) is 24.2. The molecule has 6 rings (SSSR count). The van der Waals surface area contributed by atoms with Crippen LogP contribution in [0.3, 0.4) is 0 Å². The van der Waals surface area contributed by atoms with Gasteiger partial charge >= 0.3 is 0 Å². The molecule has 0 radical (unpaired) electrons. The third kappa shape index (κ3) is 4.65. The first-order chi connectivity index (χ1) is 18.5. The Morgan fingerprint density at radius 1 is 1.08 bits per heavy atom. The topological polar surface area (TPSA) is 108 Å². The van der Waals surface area contributed by atoms with Gasteiger partial charge in [0.15, 0.2) is 28.1 Å². The number of benzene rings is 2. The van der Waals surface area contributed by atoms with Crippen molar-refractivity contribution < 1.29 is 14.3 Å². The number of hydrogen-bond acceptors (Lipinski definition) is 8.